The molecule has 0 saturated carbocycles. The zero-order valence-electron chi connectivity index (χ0n) is 20.9. The molecule has 0 saturated heterocycles. The molecule has 4 aromatic rings. The number of ketones is 1. The fraction of sp³-hybridized carbons (Fsp3) is 0.172. The Morgan fingerprint density at radius 1 is 0.974 bits per heavy atom. The van der Waals surface area contributed by atoms with Crippen LogP contribution in [0.2, 0.25) is 5.02 Å². The summed E-state index contributed by atoms with van der Waals surface area (Å²) in [6.07, 6.45) is 0. The van der Waals surface area contributed by atoms with Gasteiger partial charge in [0.15, 0.2) is 23.0 Å². The Labute approximate surface area is 223 Å². The van der Waals surface area contributed by atoms with E-state index in [-0.39, 0.29) is 17.9 Å². The van der Waals surface area contributed by atoms with Crippen LogP contribution in [-0.2, 0) is 11.3 Å². The van der Waals surface area contributed by atoms with Crippen molar-refractivity contribution in [3.8, 4) is 17.2 Å². The van der Waals surface area contributed by atoms with E-state index in [1.165, 1.54) is 26.2 Å². The van der Waals surface area contributed by atoms with E-state index in [0.29, 0.717) is 44.4 Å². The molecule has 9 heteroatoms. The Balaban J connectivity index is 1.59. The van der Waals surface area contributed by atoms with E-state index >= 15 is 0 Å². The third kappa shape index (κ3) is 4.43. The smallest absolute Gasteiger partial charge is 0.290 e. The van der Waals surface area contributed by atoms with E-state index < -0.39 is 23.5 Å². The quantitative estimate of drug-likeness (QED) is 0.282. The highest BCUT2D eigenvalue weighted by Gasteiger charge is 2.44. The van der Waals surface area contributed by atoms with Gasteiger partial charge in [-0.3, -0.25) is 9.59 Å². The van der Waals surface area contributed by atoms with Gasteiger partial charge < -0.3 is 28.6 Å². The summed E-state index contributed by atoms with van der Waals surface area (Å²) in [7, 11) is 4.58. The Morgan fingerprint density at radius 3 is 2.50 bits per heavy atom. The number of ether oxygens (including phenoxy) is 3. The Bertz CT molecular complexity index is 1590. The SMILES string of the molecule is COc1cccc(C2C(C(=O)c3cc4cc(Cl)ccc4o3)=C(O)C(=O)N2Cc2ccc(OC)c(OC)c2)c1. The van der Waals surface area contributed by atoms with Crippen molar-refractivity contribution >= 4 is 34.3 Å². The maximum Gasteiger partial charge on any atom is 0.290 e. The molecule has 38 heavy (non-hydrogen) atoms. The largest absolute Gasteiger partial charge is 0.503 e. The second-order valence-corrected chi connectivity index (χ2v) is 9.12. The maximum atomic E-state index is 13.8. The summed E-state index contributed by atoms with van der Waals surface area (Å²) >= 11 is 6.09. The topological polar surface area (TPSA) is 98.4 Å². The molecular weight excluding hydrogens is 510 g/mol. The molecule has 194 valence electrons. The number of halogens is 1. The maximum absolute atomic E-state index is 13.8. The number of hydrogen-bond acceptors (Lipinski definition) is 7. The Kier molecular flexibility index (Phi) is 6.73. The van der Waals surface area contributed by atoms with Crippen LogP contribution in [0, 0.1) is 0 Å². The zero-order valence-corrected chi connectivity index (χ0v) is 21.6. The first-order valence-corrected chi connectivity index (χ1v) is 12.0. The number of carbonyl (C=O) groups excluding carboxylic acids is 2. The van der Waals surface area contributed by atoms with Gasteiger partial charge in [-0.15, -0.1) is 0 Å². The Morgan fingerprint density at radius 2 is 1.76 bits per heavy atom. The van der Waals surface area contributed by atoms with Crippen molar-refractivity contribution in [1.82, 2.24) is 4.90 Å². The number of Topliss-reactive ketones (excluding diaryl/α,β-unsaturated/α-hetero) is 1. The van der Waals surface area contributed by atoms with Gasteiger partial charge in [0.25, 0.3) is 5.91 Å². The minimum Gasteiger partial charge on any atom is -0.503 e. The molecule has 1 unspecified atom stereocenters. The molecule has 0 aliphatic carbocycles. The van der Waals surface area contributed by atoms with Gasteiger partial charge >= 0.3 is 0 Å². The van der Waals surface area contributed by atoms with Gasteiger partial charge in [-0.2, -0.15) is 0 Å². The number of nitrogens with zero attached hydrogens (tertiary/aromatic N) is 1. The third-order valence-corrected chi connectivity index (χ3v) is 6.70. The molecule has 5 rings (SSSR count). The first-order valence-electron chi connectivity index (χ1n) is 11.7. The lowest BCUT2D eigenvalue weighted by molar-refractivity contribution is -0.130. The van der Waals surface area contributed by atoms with Crippen LogP contribution in [0.15, 0.2) is 82.5 Å². The van der Waals surface area contributed by atoms with Crippen molar-refractivity contribution in [1.29, 1.82) is 0 Å². The van der Waals surface area contributed by atoms with Gasteiger partial charge in [0.2, 0.25) is 5.78 Å². The highest BCUT2D eigenvalue weighted by molar-refractivity contribution is 6.31. The van der Waals surface area contributed by atoms with Crippen molar-refractivity contribution in [3.63, 3.8) is 0 Å². The van der Waals surface area contributed by atoms with Crippen molar-refractivity contribution in [3.05, 3.63) is 100.0 Å². The fourth-order valence-electron chi connectivity index (χ4n) is 4.64. The number of methoxy groups -OCH3 is 3. The Hall–Kier alpha value is -4.43. The predicted molar refractivity (Wildman–Crippen MR) is 141 cm³/mol. The monoisotopic (exact) mass is 533 g/mol. The minimum absolute atomic E-state index is 0.0162. The van der Waals surface area contributed by atoms with E-state index in [9.17, 15) is 14.7 Å². The van der Waals surface area contributed by atoms with E-state index in [0.717, 1.165) is 0 Å². The van der Waals surface area contributed by atoms with Gasteiger partial charge in [-0.1, -0.05) is 29.8 Å². The number of fused-ring (bicyclic) bond motifs is 1. The fourth-order valence-corrected chi connectivity index (χ4v) is 4.82. The van der Waals surface area contributed by atoms with E-state index in [1.54, 1.807) is 66.7 Å². The van der Waals surface area contributed by atoms with Crippen LogP contribution < -0.4 is 14.2 Å². The van der Waals surface area contributed by atoms with Crippen molar-refractivity contribution < 1.29 is 33.3 Å². The van der Waals surface area contributed by atoms with Gasteiger partial charge in [0, 0.05) is 17.0 Å². The summed E-state index contributed by atoms with van der Waals surface area (Å²) in [6.45, 7) is 0.0810. The molecule has 1 aliphatic rings. The van der Waals surface area contributed by atoms with Crippen LogP contribution in [0.25, 0.3) is 11.0 Å². The number of benzene rings is 3. The first kappa shape index (κ1) is 25.2. The van der Waals surface area contributed by atoms with Crippen LogP contribution in [-0.4, -0.2) is 43.0 Å². The van der Waals surface area contributed by atoms with Gasteiger partial charge in [-0.25, -0.2) is 0 Å². The molecule has 0 radical (unpaired) electrons. The molecule has 1 amide bonds. The molecule has 2 heterocycles. The average Bonchev–Trinajstić information content (AvgIpc) is 3.46. The van der Waals surface area contributed by atoms with Gasteiger partial charge in [0.05, 0.1) is 32.9 Å². The highest BCUT2D eigenvalue weighted by atomic mass is 35.5. The molecule has 8 nitrogen and oxygen atoms in total. The number of rotatable bonds is 8. The second-order valence-electron chi connectivity index (χ2n) is 8.69. The number of furan rings is 1. The predicted octanol–water partition coefficient (Wildman–Crippen LogP) is 5.89. The lowest BCUT2D eigenvalue weighted by atomic mass is 9.94. The number of carbonyl (C=O) groups is 2. The molecule has 1 atom stereocenters. The van der Waals surface area contributed by atoms with Gasteiger partial charge in [-0.05, 0) is 59.7 Å². The molecule has 1 aromatic heterocycles. The molecule has 1 aliphatic heterocycles. The number of hydrogen-bond donors (Lipinski definition) is 1. The lowest BCUT2D eigenvalue weighted by Crippen LogP contribution is -2.30. The van der Waals surface area contributed by atoms with Gasteiger partial charge in [0.1, 0.15) is 11.3 Å². The molecular formula is C29H24ClNO7. The second kappa shape index (κ2) is 10.1. The highest BCUT2D eigenvalue weighted by Crippen LogP contribution is 2.42. The number of aliphatic hydroxyl groups excluding tert-OH is 1. The van der Waals surface area contributed by atoms with Crippen LogP contribution >= 0.6 is 11.6 Å². The van der Waals surface area contributed by atoms with Crippen LogP contribution in [0.4, 0.5) is 0 Å². The summed E-state index contributed by atoms with van der Waals surface area (Å²) in [6, 6.07) is 17.9. The van der Waals surface area contributed by atoms with Crippen LogP contribution in [0.5, 0.6) is 17.2 Å². The summed E-state index contributed by atoms with van der Waals surface area (Å²) in [5.74, 6) is -0.378. The lowest BCUT2D eigenvalue weighted by Gasteiger charge is -2.27. The summed E-state index contributed by atoms with van der Waals surface area (Å²) < 4.78 is 21.9. The summed E-state index contributed by atoms with van der Waals surface area (Å²) in [5, 5.41) is 12.1. The van der Waals surface area contributed by atoms with Crippen molar-refractivity contribution in [2.24, 2.45) is 0 Å². The van der Waals surface area contributed by atoms with E-state index in [4.69, 9.17) is 30.2 Å². The summed E-state index contributed by atoms with van der Waals surface area (Å²) in [5.41, 5.74) is 1.67. The molecule has 0 spiro atoms. The third-order valence-electron chi connectivity index (χ3n) is 6.46. The van der Waals surface area contributed by atoms with E-state index in [2.05, 4.69) is 0 Å². The average molecular weight is 534 g/mol. The van der Waals surface area contributed by atoms with Crippen LogP contribution in [0.1, 0.15) is 27.7 Å². The standard InChI is InChI=1S/C29H24ClNO7/c1-35-20-6-4-5-17(13-20)26-25(27(32)24-14-18-12-19(30)8-10-21(18)38-24)28(33)29(34)31(26)15-16-7-9-22(36-2)23(11-16)37-3/h4-14,26,33H,15H2,1-3H3. The van der Waals surface area contributed by atoms with Crippen molar-refractivity contribution in [2.75, 3.05) is 21.3 Å². The van der Waals surface area contributed by atoms with Crippen LogP contribution in [0.3, 0.4) is 0 Å². The van der Waals surface area contributed by atoms with Crippen molar-refractivity contribution in [2.45, 2.75) is 12.6 Å². The summed E-state index contributed by atoms with van der Waals surface area (Å²) in [4.78, 5) is 28.6. The molecule has 3 aromatic carbocycles. The number of amides is 1. The van der Waals surface area contributed by atoms with E-state index in [1.807, 2.05) is 0 Å². The molecule has 0 bridgehead atoms. The minimum atomic E-state index is -0.907. The molecule has 1 N–H and O–H groups in total. The zero-order chi connectivity index (χ0) is 27.0. The number of aliphatic hydroxyl groups is 1. The molecule has 0 fully saturated rings. The first-order chi connectivity index (χ1) is 18.3. The normalized spacial score (nSPS) is 15.3.